The molecule has 0 aromatic heterocycles. The lowest BCUT2D eigenvalue weighted by Crippen LogP contribution is -2.16. The van der Waals surface area contributed by atoms with E-state index in [1.54, 1.807) is 0 Å². The van der Waals surface area contributed by atoms with E-state index in [0.29, 0.717) is 5.75 Å². The zero-order chi connectivity index (χ0) is 8.81. The first-order valence-electron chi connectivity index (χ1n) is 3.86. The van der Waals surface area contributed by atoms with Crippen LogP contribution in [0.1, 0.15) is 6.42 Å². The highest BCUT2D eigenvalue weighted by molar-refractivity contribution is 8.03. The molecule has 0 aromatic rings. The fourth-order valence-corrected chi connectivity index (χ4v) is 1.63. The Morgan fingerprint density at radius 3 is 3.08 bits per heavy atom. The quantitative estimate of drug-likeness (QED) is 0.597. The van der Waals surface area contributed by atoms with E-state index in [-0.39, 0.29) is 6.61 Å². The number of hydrogen-bond acceptors (Lipinski definition) is 4. The van der Waals surface area contributed by atoms with Crippen LogP contribution < -0.4 is 5.32 Å². The van der Waals surface area contributed by atoms with Gasteiger partial charge in [-0.25, -0.2) is 0 Å². The smallest absolute Gasteiger partial charge is 0.0865 e. The average molecular weight is 187 g/mol. The molecule has 0 spiro atoms. The molecule has 1 rings (SSSR count). The lowest BCUT2D eigenvalue weighted by atomic mass is 10.3. The van der Waals surface area contributed by atoms with Gasteiger partial charge in [0.15, 0.2) is 0 Å². The van der Waals surface area contributed by atoms with Gasteiger partial charge in [-0.2, -0.15) is 0 Å². The predicted octanol–water partition coefficient (Wildman–Crippen LogP) is 0.421. The summed E-state index contributed by atoms with van der Waals surface area (Å²) >= 11 is 1.52. The summed E-state index contributed by atoms with van der Waals surface area (Å²) in [5.41, 5.74) is 0. The van der Waals surface area contributed by atoms with Gasteiger partial charge < -0.3 is 15.5 Å². The Bertz CT molecular complexity index is 191. The van der Waals surface area contributed by atoms with Crippen LogP contribution in [0, 0.1) is 0 Å². The molecule has 68 valence electrons. The lowest BCUT2D eigenvalue weighted by Gasteiger charge is -2.11. The molecule has 0 aromatic carbocycles. The predicted molar refractivity (Wildman–Crippen MR) is 50.5 cm³/mol. The second kappa shape index (κ2) is 5.24. The summed E-state index contributed by atoms with van der Waals surface area (Å²) in [5, 5.41) is 21.7. The number of aliphatic hydroxyl groups excluding tert-OH is 2. The molecule has 12 heavy (non-hydrogen) atoms. The number of aliphatic hydroxyl groups is 2. The van der Waals surface area contributed by atoms with Gasteiger partial charge >= 0.3 is 0 Å². The van der Waals surface area contributed by atoms with Crippen molar-refractivity contribution in [1.82, 2.24) is 5.32 Å². The van der Waals surface area contributed by atoms with Crippen molar-refractivity contribution < 1.29 is 10.2 Å². The van der Waals surface area contributed by atoms with Gasteiger partial charge in [0, 0.05) is 5.75 Å². The summed E-state index contributed by atoms with van der Waals surface area (Å²) in [4.78, 5) is 0. The Labute approximate surface area is 76.2 Å². The van der Waals surface area contributed by atoms with Gasteiger partial charge in [0.2, 0.25) is 0 Å². The first-order chi connectivity index (χ1) is 5.83. The van der Waals surface area contributed by atoms with E-state index in [1.165, 1.54) is 11.8 Å². The summed E-state index contributed by atoms with van der Waals surface area (Å²) in [7, 11) is 0. The zero-order valence-electron chi connectivity index (χ0n) is 6.73. The highest BCUT2D eigenvalue weighted by Gasteiger charge is 2.04. The van der Waals surface area contributed by atoms with Crippen molar-refractivity contribution in [2.24, 2.45) is 0 Å². The molecule has 0 aliphatic carbocycles. The Morgan fingerprint density at radius 1 is 1.67 bits per heavy atom. The SMILES string of the molecule is OCC(O)CSC1=CCC=CN1. The van der Waals surface area contributed by atoms with Gasteiger partial charge in [-0.15, -0.1) is 11.8 Å². The first-order valence-corrected chi connectivity index (χ1v) is 4.85. The van der Waals surface area contributed by atoms with E-state index in [4.69, 9.17) is 10.2 Å². The molecule has 1 atom stereocenters. The fourth-order valence-electron chi connectivity index (χ4n) is 0.782. The molecule has 1 heterocycles. The number of allylic oxidation sites excluding steroid dienone is 2. The molecular formula is C8H13NO2S. The number of rotatable bonds is 4. The Hall–Kier alpha value is -0.450. The normalized spacial score (nSPS) is 18.3. The molecule has 1 aliphatic rings. The molecular weight excluding hydrogens is 174 g/mol. The molecule has 3 N–H and O–H groups in total. The summed E-state index contributed by atoms with van der Waals surface area (Å²) in [5.74, 6) is 0.531. The van der Waals surface area contributed by atoms with E-state index in [2.05, 4.69) is 11.4 Å². The van der Waals surface area contributed by atoms with Gasteiger partial charge in [0.1, 0.15) is 0 Å². The monoisotopic (exact) mass is 187 g/mol. The Kier molecular flexibility index (Phi) is 4.21. The van der Waals surface area contributed by atoms with Crippen LogP contribution in [0.4, 0.5) is 0 Å². The second-order valence-electron chi connectivity index (χ2n) is 2.50. The number of dihydropyridines is 1. The van der Waals surface area contributed by atoms with Crippen LogP contribution in [0.3, 0.4) is 0 Å². The topological polar surface area (TPSA) is 52.5 Å². The zero-order valence-corrected chi connectivity index (χ0v) is 7.55. The third-order valence-electron chi connectivity index (χ3n) is 1.42. The third-order valence-corrected chi connectivity index (χ3v) is 2.57. The standard InChI is InChI=1S/C8H13NO2S/c10-5-7(11)6-12-8-3-1-2-4-9-8/h2-4,7,9-11H,1,5-6H2. The van der Waals surface area contributed by atoms with Crippen molar-refractivity contribution >= 4 is 11.8 Å². The van der Waals surface area contributed by atoms with E-state index in [9.17, 15) is 0 Å². The number of thioether (sulfide) groups is 1. The highest BCUT2D eigenvalue weighted by atomic mass is 32.2. The van der Waals surface area contributed by atoms with Crippen LogP contribution in [0.15, 0.2) is 23.4 Å². The van der Waals surface area contributed by atoms with Crippen molar-refractivity contribution in [3.05, 3.63) is 23.4 Å². The molecule has 0 fully saturated rings. The van der Waals surface area contributed by atoms with Gasteiger partial charge in [-0.1, -0.05) is 12.2 Å². The molecule has 4 heteroatoms. The average Bonchev–Trinajstić information content (AvgIpc) is 2.16. The van der Waals surface area contributed by atoms with Crippen LogP contribution in [-0.2, 0) is 0 Å². The summed E-state index contributed by atoms with van der Waals surface area (Å²) in [6.07, 6.45) is 6.27. The minimum atomic E-state index is -0.622. The number of nitrogens with one attached hydrogen (secondary N) is 1. The van der Waals surface area contributed by atoms with E-state index < -0.39 is 6.10 Å². The van der Waals surface area contributed by atoms with Gasteiger partial charge in [0.05, 0.1) is 17.7 Å². The molecule has 0 bridgehead atoms. The largest absolute Gasteiger partial charge is 0.394 e. The molecule has 0 saturated carbocycles. The summed E-state index contributed by atoms with van der Waals surface area (Å²) in [6.45, 7) is -0.171. The fraction of sp³-hybridized carbons (Fsp3) is 0.500. The second-order valence-corrected chi connectivity index (χ2v) is 3.56. The van der Waals surface area contributed by atoms with Gasteiger partial charge in [-0.3, -0.25) is 0 Å². The molecule has 0 saturated heterocycles. The van der Waals surface area contributed by atoms with Crippen molar-refractivity contribution in [2.75, 3.05) is 12.4 Å². The van der Waals surface area contributed by atoms with Gasteiger partial charge in [0.25, 0.3) is 0 Å². The van der Waals surface area contributed by atoms with Crippen LogP contribution in [-0.4, -0.2) is 28.7 Å². The maximum absolute atomic E-state index is 9.04. The van der Waals surface area contributed by atoms with Crippen LogP contribution >= 0.6 is 11.8 Å². The van der Waals surface area contributed by atoms with Crippen molar-refractivity contribution in [3.63, 3.8) is 0 Å². The summed E-state index contributed by atoms with van der Waals surface area (Å²) < 4.78 is 0. The molecule has 0 radical (unpaired) electrons. The third kappa shape index (κ3) is 3.30. The van der Waals surface area contributed by atoms with E-state index >= 15 is 0 Å². The first kappa shape index (κ1) is 9.64. The van der Waals surface area contributed by atoms with E-state index in [0.717, 1.165) is 11.4 Å². The molecule has 3 nitrogen and oxygen atoms in total. The Balaban J connectivity index is 2.18. The molecule has 1 unspecified atom stereocenters. The van der Waals surface area contributed by atoms with Gasteiger partial charge in [-0.05, 0) is 12.6 Å². The summed E-state index contributed by atoms with van der Waals surface area (Å²) in [6, 6.07) is 0. The number of hydrogen-bond donors (Lipinski definition) is 3. The molecule has 0 amide bonds. The maximum Gasteiger partial charge on any atom is 0.0865 e. The Morgan fingerprint density at radius 2 is 2.50 bits per heavy atom. The van der Waals surface area contributed by atoms with Crippen LogP contribution in [0.25, 0.3) is 0 Å². The maximum atomic E-state index is 9.04. The minimum absolute atomic E-state index is 0.171. The lowest BCUT2D eigenvalue weighted by molar-refractivity contribution is 0.113. The van der Waals surface area contributed by atoms with Crippen molar-refractivity contribution in [1.29, 1.82) is 0 Å². The van der Waals surface area contributed by atoms with Crippen molar-refractivity contribution in [3.8, 4) is 0 Å². The van der Waals surface area contributed by atoms with Crippen molar-refractivity contribution in [2.45, 2.75) is 12.5 Å². The highest BCUT2D eigenvalue weighted by Crippen LogP contribution is 2.16. The minimum Gasteiger partial charge on any atom is -0.394 e. The van der Waals surface area contributed by atoms with Crippen LogP contribution in [0.5, 0.6) is 0 Å². The van der Waals surface area contributed by atoms with Crippen LogP contribution in [0.2, 0.25) is 0 Å². The molecule has 1 aliphatic heterocycles. The van der Waals surface area contributed by atoms with E-state index in [1.807, 2.05) is 12.3 Å².